The number of nitrogens with one attached hydrogen (secondary N) is 1. The molecule has 2 aromatic carbocycles. The number of rotatable bonds is 6. The molecule has 0 atom stereocenters. The molecule has 0 aliphatic rings. The van der Waals surface area contributed by atoms with E-state index in [2.05, 4.69) is 19.2 Å². The highest BCUT2D eigenvalue weighted by molar-refractivity contribution is 7.80. The zero-order valence-electron chi connectivity index (χ0n) is 15.5. The summed E-state index contributed by atoms with van der Waals surface area (Å²) in [4.78, 5) is 1.10. The Kier molecular flexibility index (Phi) is 7.07. The molecule has 27 heavy (non-hydrogen) atoms. The number of hydrogen-bond acceptors (Lipinski definition) is 2. The van der Waals surface area contributed by atoms with Gasteiger partial charge < -0.3 is 15.0 Å². The molecule has 0 amide bonds. The van der Waals surface area contributed by atoms with E-state index in [4.69, 9.17) is 17.0 Å². The van der Waals surface area contributed by atoms with Crippen LogP contribution < -0.4 is 10.1 Å². The Morgan fingerprint density at radius 3 is 2.15 bits per heavy atom. The van der Waals surface area contributed by atoms with Crippen molar-refractivity contribution in [1.29, 1.82) is 0 Å². The fourth-order valence-corrected chi connectivity index (χ4v) is 2.77. The highest BCUT2D eigenvalue weighted by atomic mass is 32.1. The largest absolute Gasteiger partial charge is 0.497 e. The molecule has 0 radical (unpaired) electrons. The molecule has 0 bridgehead atoms. The van der Waals surface area contributed by atoms with Crippen molar-refractivity contribution in [2.75, 3.05) is 19.0 Å². The van der Waals surface area contributed by atoms with Gasteiger partial charge in [0.05, 0.1) is 7.11 Å². The van der Waals surface area contributed by atoms with E-state index in [0.717, 1.165) is 10.5 Å². The van der Waals surface area contributed by atoms with E-state index in [9.17, 15) is 13.2 Å². The van der Waals surface area contributed by atoms with Crippen LogP contribution in [0.1, 0.15) is 30.9 Å². The van der Waals surface area contributed by atoms with Gasteiger partial charge in [-0.3, -0.25) is 0 Å². The van der Waals surface area contributed by atoms with Crippen LogP contribution in [0, 0.1) is 0 Å². The topological polar surface area (TPSA) is 24.5 Å². The molecule has 3 nitrogen and oxygen atoms in total. The van der Waals surface area contributed by atoms with E-state index in [1.807, 2.05) is 24.3 Å². The summed E-state index contributed by atoms with van der Waals surface area (Å²) < 4.78 is 44.1. The molecular weight excluding hydrogens is 373 g/mol. The van der Waals surface area contributed by atoms with E-state index < -0.39 is 12.7 Å². The lowest BCUT2D eigenvalue weighted by Gasteiger charge is -2.27. The van der Waals surface area contributed by atoms with Crippen molar-refractivity contribution >= 4 is 23.0 Å². The molecule has 0 spiro atoms. The number of anilines is 1. The van der Waals surface area contributed by atoms with E-state index in [-0.39, 0.29) is 11.7 Å². The van der Waals surface area contributed by atoms with E-state index in [1.54, 1.807) is 24.3 Å². The Balaban J connectivity index is 2.12. The van der Waals surface area contributed by atoms with Crippen LogP contribution in [0.5, 0.6) is 5.75 Å². The van der Waals surface area contributed by atoms with Crippen molar-refractivity contribution < 1.29 is 17.9 Å². The molecule has 1 N–H and O–H groups in total. The van der Waals surface area contributed by atoms with Crippen LogP contribution in [-0.4, -0.2) is 29.8 Å². The number of benzene rings is 2. The van der Waals surface area contributed by atoms with Gasteiger partial charge in [0.2, 0.25) is 0 Å². The summed E-state index contributed by atoms with van der Waals surface area (Å²) in [6, 6.07) is 14.4. The average Bonchev–Trinajstić information content (AvgIpc) is 2.61. The van der Waals surface area contributed by atoms with Crippen LogP contribution >= 0.6 is 12.2 Å². The van der Waals surface area contributed by atoms with Gasteiger partial charge in [-0.25, -0.2) is 0 Å². The monoisotopic (exact) mass is 396 g/mol. The number of ether oxygens (including phenoxy) is 1. The Bertz CT molecular complexity index is 743. The van der Waals surface area contributed by atoms with Crippen molar-refractivity contribution in [3.8, 4) is 5.75 Å². The van der Waals surface area contributed by atoms with Gasteiger partial charge in [-0.1, -0.05) is 38.1 Å². The van der Waals surface area contributed by atoms with Gasteiger partial charge in [0.25, 0.3) is 0 Å². The number of alkyl halides is 3. The van der Waals surface area contributed by atoms with Gasteiger partial charge in [0.1, 0.15) is 12.3 Å². The molecular formula is C20H23F3N2OS. The molecule has 0 unspecified atom stereocenters. The molecule has 0 aliphatic carbocycles. The minimum Gasteiger partial charge on any atom is -0.497 e. The normalized spacial score (nSPS) is 11.4. The fourth-order valence-electron chi connectivity index (χ4n) is 2.52. The predicted octanol–water partition coefficient (Wildman–Crippen LogP) is 5.58. The van der Waals surface area contributed by atoms with Gasteiger partial charge in [0, 0.05) is 12.2 Å². The van der Waals surface area contributed by atoms with E-state index >= 15 is 0 Å². The number of nitrogens with zero attached hydrogens (tertiary/aromatic N) is 1. The summed E-state index contributed by atoms with van der Waals surface area (Å²) in [5.41, 5.74) is 2.52. The molecule has 2 aromatic rings. The van der Waals surface area contributed by atoms with Crippen molar-refractivity contribution in [2.24, 2.45) is 0 Å². The van der Waals surface area contributed by atoms with Gasteiger partial charge in [-0.2, -0.15) is 13.2 Å². The first-order valence-electron chi connectivity index (χ1n) is 8.53. The molecule has 2 rings (SSSR count). The van der Waals surface area contributed by atoms with Crippen LogP contribution in [0.3, 0.4) is 0 Å². The molecule has 0 aromatic heterocycles. The summed E-state index contributed by atoms with van der Waals surface area (Å²) in [6.45, 7) is 3.06. The second-order valence-corrected chi connectivity index (χ2v) is 6.91. The van der Waals surface area contributed by atoms with Crippen LogP contribution in [0.25, 0.3) is 0 Å². The Labute approximate surface area is 163 Å². The highest BCUT2D eigenvalue weighted by Gasteiger charge is 2.32. The zero-order chi connectivity index (χ0) is 20.0. The van der Waals surface area contributed by atoms with Gasteiger partial charge in [-0.15, -0.1) is 0 Å². The summed E-state index contributed by atoms with van der Waals surface area (Å²) in [5.74, 6) is 1.02. The smallest absolute Gasteiger partial charge is 0.406 e. The van der Waals surface area contributed by atoms with Crippen molar-refractivity contribution in [2.45, 2.75) is 32.5 Å². The zero-order valence-corrected chi connectivity index (χ0v) is 16.3. The first kappa shape index (κ1) is 21.0. The van der Waals surface area contributed by atoms with Crippen LogP contribution in [0.15, 0.2) is 48.5 Å². The maximum atomic E-state index is 13.0. The second kappa shape index (κ2) is 9.08. The third-order valence-electron chi connectivity index (χ3n) is 4.02. The van der Waals surface area contributed by atoms with E-state index in [1.165, 1.54) is 7.11 Å². The lowest BCUT2D eigenvalue weighted by molar-refractivity contribution is -0.138. The molecule has 7 heteroatoms. The Hall–Kier alpha value is -2.28. The van der Waals surface area contributed by atoms with Crippen molar-refractivity contribution in [3.05, 3.63) is 59.7 Å². The summed E-state index contributed by atoms with van der Waals surface area (Å²) >= 11 is 5.25. The van der Waals surface area contributed by atoms with E-state index in [0.29, 0.717) is 22.9 Å². The van der Waals surface area contributed by atoms with Crippen LogP contribution in [0.2, 0.25) is 0 Å². The quantitative estimate of drug-likeness (QED) is 0.644. The lowest BCUT2D eigenvalue weighted by atomic mass is 10.0. The number of halogens is 3. The first-order valence-corrected chi connectivity index (χ1v) is 8.94. The third-order valence-corrected chi connectivity index (χ3v) is 4.38. The number of thiocarbonyl (C=S) groups is 1. The summed E-state index contributed by atoms with van der Waals surface area (Å²) in [5, 5.41) is 2.93. The molecule has 0 saturated carbocycles. The number of methoxy groups -OCH3 is 1. The molecule has 0 heterocycles. The Morgan fingerprint density at radius 2 is 1.67 bits per heavy atom. The summed E-state index contributed by atoms with van der Waals surface area (Å²) in [7, 11) is 1.54. The predicted molar refractivity (Wildman–Crippen MR) is 106 cm³/mol. The Morgan fingerprint density at radius 1 is 1.07 bits per heavy atom. The minimum absolute atomic E-state index is 0.0282. The van der Waals surface area contributed by atoms with Crippen molar-refractivity contribution in [3.63, 3.8) is 0 Å². The minimum atomic E-state index is -4.36. The average molecular weight is 396 g/mol. The molecule has 0 aliphatic heterocycles. The maximum Gasteiger partial charge on any atom is 0.406 e. The third kappa shape index (κ3) is 6.75. The van der Waals surface area contributed by atoms with Crippen LogP contribution in [0.4, 0.5) is 18.9 Å². The molecule has 0 saturated heterocycles. The van der Waals surface area contributed by atoms with Gasteiger partial charge >= 0.3 is 6.18 Å². The van der Waals surface area contributed by atoms with Crippen molar-refractivity contribution in [1.82, 2.24) is 4.90 Å². The molecule has 146 valence electrons. The highest BCUT2D eigenvalue weighted by Crippen LogP contribution is 2.22. The fraction of sp³-hybridized carbons (Fsp3) is 0.350. The SMILES string of the molecule is COc1ccc(CN(CC(F)(F)F)C(=S)Nc2ccc(C(C)C)cc2)cc1. The van der Waals surface area contributed by atoms with Gasteiger partial charge in [-0.05, 0) is 53.5 Å². The maximum absolute atomic E-state index is 13.0. The lowest BCUT2D eigenvalue weighted by Crippen LogP contribution is -2.40. The second-order valence-electron chi connectivity index (χ2n) is 6.53. The standard InChI is InChI=1S/C20H23F3N2OS/c1-14(2)16-6-8-17(9-7-16)24-19(27)25(13-20(21,22)23)12-15-4-10-18(26-3)11-5-15/h4-11,14H,12-13H2,1-3H3,(H,24,27). The van der Waals surface area contributed by atoms with Gasteiger partial charge in [0.15, 0.2) is 5.11 Å². The van der Waals surface area contributed by atoms with Crippen LogP contribution in [-0.2, 0) is 6.54 Å². The molecule has 0 fully saturated rings. The first-order chi connectivity index (χ1) is 12.7. The summed E-state index contributed by atoms with van der Waals surface area (Å²) in [6.07, 6.45) is -4.36. The number of hydrogen-bond donors (Lipinski definition) is 1.